The molecule has 2 aromatic carbocycles. The van der Waals surface area contributed by atoms with Crippen molar-refractivity contribution in [1.82, 2.24) is 9.97 Å². The van der Waals surface area contributed by atoms with Gasteiger partial charge in [0.05, 0.1) is 18.2 Å². The van der Waals surface area contributed by atoms with E-state index < -0.39 is 5.97 Å². The maximum atomic E-state index is 12.9. The van der Waals surface area contributed by atoms with Crippen LogP contribution in [0.1, 0.15) is 26.3 Å². The minimum atomic E-state index is -0.553. The minimum Gasteiger partial charge on any atom is -0.465 e. The quantitative estimate of drug-likeness (QED) is 0.499. The molecule has 0 aliphatic rings. The Kier molecular flexibility index (Phi) is 5.05. The molecule has 0 saturated carbocycles. The van der Waals surface area contributed by atoms with Gasteiger partial charge >= 0.3 is 5.97 Å². The molecule has 0 bridgehead atoms. The Balaban J connectivity index is 1.68. The second-order valence-electron chi connectivity index (χ2n) is 6.32. The number of benzene rings is 2. The molecule has 1 N–H and O–H groups in total. The van der Waals surface area contributed by atoms with E-state index in [9.17, 15) is 9.59 Å². The summed E-state index contributed by atoms with van der Waals surface area (Å²) in [6.45, 7) is 1.93. The fraction of sp³-hybridized carbons (Fsp3) is 0.0909. The summed E-state index contributed by atoms with van der Waals surface area (Å²) < 4.78 is 4.78. The molecule has 0 atom stereocenters. The van der Waals surface area contributed by atoms with E-state index >= 15 is 0 Å². The van der Waals surface area contributed by atoms with Crippen molar-refractivity contribution in [2.24, 2.45) is 0 Å². The number of carbonyl (C=O) groups excluding carboxylic acids is 2. The van der Waals surface area contributed by atoms with Gasteiger partial charge in [0.2, 0.25) is 0 Å². The highest BCUT2D eigenvalue weighted by Gasteiger charge is 2.19. The van der Waals surface area contributed by atoms with E-state index in [-0.39, 0.29) is 17.0 Å². The topological polar surface area (TPSA) is 81.2 Å². The Labute approximate surface area is 171 Å². The number of anilines is 1. The van der Waals surface area contributed by atoms with Crippen LogP contribution in [0.5, 0.6) is 0 Å². The van der Waals surface area contributed by atoms with Crippen molar-refractivity contribution in [3.8, 4) is 10.6 Å². The maximum absolute atomic E-state index is 12.9. The molecule has 1 amide bonds. The van der Waals surface area contributed by atoms with Crippen molar-refractivity contribution >= 4 is 39.2 Å². The zero-order valence-electron chi connectivity index (χ0n) is 15.8. The normalized spacial score (nSPS) is 10.7. The molecule has 7 heteroatoms. The molecule has 0 fully saturated rings. The summed E-state index contributed by atoms with van der Waals surface area (Å²) >= 11 is 1.50. The van der Waals surface area contributed by atoms with Gasteiger partial charge in [0.15, 0.2) is 0 Å². The molecular formula is C22H17N3O3S. The van der Waals surface area contributed by atoms with Crippen LogP contribution in [-0.2, 0) is 4.74 Å². The molecule has 0 spiro atoms. The monoisotopic (exact) mass is 403 g/mol. The van der Waals surface area contributed by atoms with E-state index in [4.69, 9.17) is 4.74 Å². The van der Waals surface area contributed by atoms with Crippen LogP contribution in [0.25, 0.3) is 20.9 Å². The number of aromatic nitrogens is 2. The van der Waals surface area contributed by atoms with Crippen LogP contribution >= 0.6 is 11.3 Å². The number of amides is 1. The highest BCUT2D eigenvalue weighted by Crippen LogP contribution is 2.33. The van der Waals surface area contributed by atoms with Gasteiger partial charge < -0.3 is 10.1 Å². The van der Waals surface area contributed by atoms with Gasteiger partial charge in [-0.2, -0.15) is 0 Å². The lowest BCUT2D eigenvalue weighted by molar-refractivity contribution is 0.0597. The van der Waals surface area contributed by atoms with Crippen LogP contribution in [0.15, 0.2) is 60.8 Å². The molecule has 29 heavy (non-hydrogen) atoms. The van der Waals surface area contributed by atoms with Gasteiger partial charge in [-0.3, -0.25) is 4.79 Å². The molecule has 4 rings (SSSR count). The molecule has 6 nitrogen and oxygen atoms in total. The maximum Gasteiger partial charge on any atom is 0.338 e. The molecule has 0 saturated heterocycles. The first-order valence-corrected chi connectivity index (χ1v) is 9.70. The molecule has 0 aliphatic heterocycles. The number of esters is 1. The number of hydrogen-bond donors (Lipinski definition) is 1. The van der Waals surface area contributed by atoms with E-state index in [1.165, 1.54) is 18.4 Å². The Morgan fingerprint density at radius 2 is 1.79 bits per heavy atom. The highest BCUT2D eigenvalue weighted by atomic mass is 32.1. The zero-order valence-corrected chi connectivity index (χ0v) is 16.6. The molecule has 144 valence electrons. The molecule has 0 aliphatic carbocycles. The van der Waals surface area contributed by atoms with E-state index in [0.717, 1.165) is 26.5 Å². The van der Waals surface area contributed by atoms with Crippen LogP contribution in [0.4, 0.5) is 5.69 Å². The van der Waals surface area contributed by atoms with Crippen molar-refractivity contribution in [2.45, 2.75) is 6.92 Å². The van der Waals surface area contributed by atoms with Crippen LogP contribution in [0.2, 0.25) is 0 Å². The zero-order chi connectivity index (χ0) is 20.4. The Hall–Kier alpha value is -3.58. The number of hydrogen-bond acceptors (Lipinski definition) is 6. The Bertz CT molecular complexity index is 1200. The van der Waals surface area contributed by atoms with Gasteiger partial charge in [-0.1, -0.05) is 35.6 Å². The van der Waals surface area contributed by atoms with Crippen molar-refractivity contribution in [1.29, 1.82) is 0 Å². The van der Waals surface area contributed by atoms with Crippen LogP contribution < -0.4 is 5.32 Å². The molecule has 0 unspecified atom stereocenters. The number of carbonyl (C=O) groups is 2. The van der Waals surface area contributed by atoms with Gasteiger partial charge in [-0.15, -0.1) is 0 Å². The van der Waals surface area contributed by atoms with Crippen LogP contribution in [0.3, 0.4) is 0 Å². The summed E-state index contributed by atoms with van der Waals surface area (Å²) in [7, 11) is 1.29. The number of nitrogens with one attached hydrogen (secondary N) is 1. The average Bonchev–Trinajstić information content (AvgIpc) is 3.18. The highest BCUT2D eigenvalue weighted by molar-refractivity contribution is 7.21. The van der Waals surface area contributed by atoms with E-state index in [1.807, 2.05) is 37.3 Å². The van der Waals surface area contributed by atoms with Gasteiger partial charge in [0.1, 0.15) is 15.4 Å². The van der Waals surface area contributed by atoms with Crippen molar-refractivity contribution < 1.29 is 14.3 Å². The molecular weight excluding hydrogens is 386 g/mol. The van der Waals surface area contributed by atoms with Crippen molar-refractivity contribution in [3.63, 3.8) is 0 Å². The van der Waals surface area contributed by atoms with Crippen LogP contribution in [0, 0.1) is 6.92 Å². The van der Waals surface area contributed by atoms with Crippen molar-refractivity contribution in [3.05, 3.63) is 77.5 Å². The van der Waals surface area contributed by atoms with Gasteiger partial charge in [-0.25, -0.2) is 14.8 Å². The first-order chi connectivity index (χ1) is 14.1. The third-order valence-electron chi connectivity index (χ3n) is 4.56. The molecule has 4 aromatic rings. The number of rotatable bonds is 4. The lowest BCUT2D eigenvalue weighted by Crippen LogP contribution is -2.17. The SMILES string of the molecule is COC(=O)c1ccccc1C(=O)Nc1cccc(-c2nc3cccnc3s2)c1C. The minimum absolute atomic E-state index is 0.221. The Morgan fingerprint density at radius 1 is 1.00 bits per heavy atom. The number of nitrogens with zero attached hydrogens (tertiary/aromatic N) is 2. The fourth-order valence-electron chi connectivity index (χ4n) is 3.05. The lowest BCUT2D eigenvalue weighted by atomic mass is 10.0. The fourth-order valence-corrected chi connectivity index (χ4v) is 4.04. The third-order valence-corrected chi connectivity index (χ3v) is 5.57. The van der Waals surface area contributed by atoms with Crippen LogP contribution in [-0.4, -0.2) is 29.0 Å². The number of ether oxygens (including phenoxy) is 1. The van der Waals surface area contributed by atoms with Crippen molar-refractivity contribution in [2.75, 3.05) is 12.4 Å². The van der Waals surface area contributed by atoms with Gasteiger partial charge in [0, 0.05) is 17.4 Å². The summed E-state index contributed by atoms with van der Waals surface area (Å²) in [4.78, 5) is 34.7. The first-order valence-electron chi connectivity index (χ1n) is 8.88. The summed E-state index contributed by atoms with van der Waals surface area (Å²) in [5.41, 5.74) is 3.78. The average molecular weight is 403 g/mol. The standard InChI is InChI=1S/C22H17N3O3S/c1-13-14(20-25-18-11-6-12-23-21(18)29-20)9-5-10-17(13)24-19(26)15-7-3-4-8-16(15)22(27)28-2/h3-12H,1-2H3,(H,24,26). The number of methoxy groups -OCH3 is 1. The summed E-state index contributed by atoms with van der Waals surface area (Å²) in [5.74, 6) is -0.930. The lowest BCUT2D eigenvalue weighted by Gasteiger charge is -2.13. The largest absolute Gasteiger partial charge is 0.465 e. The molecule has 0 radical (unpaired) electrons. The molecule has 2 heterocycles. The summed E-state index contributed by atoms with van der Waals surface area (Å²) in [6.07, 6.45) is 1.74. The van der Waals surface area contributed by atoms with E-state index in [1.54, 1.807) is 30.5 Å². The second-order valence-corrected chi connectivity index (χ2v) is 7.29. The second kappa shape index (κ2) is 7.81. The van der Waals surface area contributed by atoms with Gasteiger partial charge in [0.25, 0.3) is 5.91 Å². The van der Waals surface area contributed by atoms with E-state index in [0.29, 0.717) is 5.69 Å². The van der Waals surface area contributed by atoms with E-state index in [2.05, 4.69) is 15.3 Å². The Morgan fingerprint density at radius 3 is 2.55 bits per heavy atom. The first kappa shape index (κ1) is 18.8. The summed E-state index contributed by atoms with van der Waals surface area (Å²) in [5, 5.41) is 3.74. The predicted molar refractivity (Wildman–Crippen MR) is 113 cm³/mol. The summed E-state index contributed by atoms with van der Waals surface area (Å²) in [6, 6.07) is 16.0. The number of pyridine rings is 1. The smallest absolute Gasteiger partial charge is 0.338 e. The van der Waals surface area contributed by atoms with Gasteiger partial charge in [-0.05, 0) is 42.8 Å². The third kappa shape index (κ3) is 3.60. The molecule has 2 aromatic heterocycles. The number of fused-ring (bicyclic) bond motifs is 1. The predicted octanol–water partition coefficient (Wildman–Crippen LogP) is 4.71. The number of thiazole rings is 1.